The first kappa shape index (κ1) is 26.1. The molecule has 2 saturated heterocycles. The number of carbonyl (C=O) groups is 2. The molecule has 2 heterocycles. The zero-order valence-electron chi connectivity index (χ0n) is 20.8. The van der Waals surface area contributed by atoms with Crippen molar-refractivity contribution in [1.82, 2.24) is 9.80 Å². The highest BCUT2D eigenvalue weighted by Crippen LogP contribution is 2.30. The third-order valence-electron chi connectivity index (χ3n) is 6.83. The lowest BCUT2D eigenvalue weighted by Crippen LogP contribution is -2.61. The summed E-state index contributed by atoms with van der Waals surface area (Å²) in [4.78, 5) is 29.8. The van der Waals surface area contributed by atoms with Crippen LogP contribution in [0.2, 0.25) is 0 Å². The van der Waals surface area contributed by atoms with Crippen LogP contribution in [0.15, 0.2) is 83.3 Å². The van der Waals surface area contributed by atoms with Crippen molar-refractivity contribution in [2.24, 2.45) is 0 Å². The Labute approximate surface area is 229 Å². The first-order valence-electron chi connectivity index (χ1n) is 12.6. The predicted molar refractivity (Wildman–Crippen MR) is 146 cm³/mol. The first-order valence-corrected chi connectivity index (χ1v) is 13.4. The van der Waals surface area contributed by atoms with Crippen molar-refractivity contribution in [3.05, 3.63) is 100 Å². The number of rotatable bonds is 5. The number of hydrogen-bond donors (Lipinski definition) is 0. The number of amides is 2. The topological polar surface area (TPSA) is 59.1 Å². The van der Waals surface area contributed by atoms with Crippen molar-refractivity contribution in [3.8, 4) is 11.5 Å². The molecule has 0 bridgehead atoms. The Hall–Kier alpha value is -3.49. The quantitative estimate of drug-likeness (QED) is 0.352. The highest BCUT2D eigenvalue weighted by atomic mass is 79.9. The lowest BCUT2D eigenvalue weighted by molar-refractivity contribution is -0.154. The van der Waals surface area contributed by atoms with Crippen molar-refractivity contribution >= 4 is 33.8 Å². The molecular formula is C30H28BrFN2O4. The van der Waals surface area contributed by atoms with Crippen LogP contribution >= 0.6 is 15.9 Å². The summed E-state index contributed by atoms with van der Waals surface area (Å²) >= 11 is 3.24. The summed E-state index contributed by atoms with van der Waals surface area (Å²) in [6, 6.07) is 21.3. The molecule has 196 valence electrons. The van der Waals surface area contributed by atoms with E-state index < -0.39 is 11.4 Å². The van der Waals surface area contributed by atoms with E-state index in [1.54, 1.807) is 46.2 Å². The Morgan fingerprint density at radius 1 is 0.947 bits per heavy atom. The number of halogens is 2. The number of ether oxygens (including phenoxy) is 2. The molecule has 38 heavy (non-hydrogen) atoms. The van der Waals surface area contributed by atoms with Crippen molar-refractivity contribution < 1.29 is 23.5 Å². The lowest BCUT2D eigenvalue weighted by atomic mass is 9.90. The zero-order chi connectivity index (χ0) is 26.5. The minimum absolute atomic E-state index is 0.0759. The van der Waals surface area contributed by atoms with Gasteiger partial charge in [-0.3, -0.25) is 9.59 Å². The van der Waals surface area contributed by atoms with E-state index in [0.29, 0.717) is 54.1 Å². The van der Waals surface area contributed by atoms with E-state index in [1.807, 2.05) is 30.3 Å². The van der Waals surface area contributed by atoms with Crippen molar-refractivity contribution in [2.75, 3.05) is 32.8 Å². The minimum Gasteiger partial charge on any atom is -0.457 e. The fourth-order valence-corrected chi connectivity index (χ4v) is 5.26. The van der Waals surface area contributed by atoms with Gasteiger partial charge in [0.25, 0.3) is 5.91 Å². The number of hydrogen-bond acceptors (Lipinski definition) is 4. The monoisotopic (exact) mass is 578 g/mol. The largest absolute Gasteiger partial charge is 0.457 e. The fourth-order valence-electron chi connectivity index (χ4n) is 4.93. The number of nitrogens with zero attached hydrogens (tertiary/aromatic N) is 2. The van der Waals surface area contributed by atoms with Gasteiger partial charge in [0.05, 0.1) is 19.7 Å². The number of likely N-dealkylation sites (tertiary alicyclic amines) is 1. The number of carbonyl (C=O) groups excluding carboxylic acids is 2. The van der Waals surface area contributed by atoms with Crippen LogP contribution in [0.1, 0.15) is 28.8 Å². The Morgan fingerprint density at radius 2 is 1.68 bits per heavy atom. The molecule has 2 fully saturated rings. The molecule has 2 aliphatic rings. The highest BCUT2D eigenvalue weighted by Gasteiger charge is 2.42. The van der Waals surface area contributed by atoms with E-state index in [-0.39, 0.29) is 11.8 Å². The molecule has 1 atom stereocenters. The molecule has 0 aromatic heterocycles. The summed E-state index contributed by atoms with van der Waals surface area (Å²) in [6.07, 6.45) is 4.43. The van der Waals surface area contributed by atoms with E-state index in [0.717, 1.165) is 18.6 Å². The van der Waals surface area contributed by atoms with Crippen LogP contribution in [0.3, 0.4) is 0 Å². The normalized spacial score (nSPS) is 19.6. The summed E-state index contributed by atoms with van der Waals surface area (Å²) in [5.41, 5.74) is 0.305. The molecule has 3 aromatic rings. The van der Waals surface area contributed by atoms with E-state index in [9.17, 15) is 14.0 Å². The maximum absolute atomic E-state index is 14.1. The second kappa shape index (κ2) is 11.5. The third-order valence-corrected chi connectivity index (χ3v) is 7.33. The Balaban J connectivity index is 1.22. The number of benzene rings is 3. The summed E-state index contributed by atoms with van der Waals surface area (Å²) in [6.45, 7) is 2.25. The van der Waals surface area contributed by atoms with E-state index in [1.165, 1.54) is 18.2 Å². The van der Waals surface area contributed by atoms with Gasteiger partial charge in [-0.2, -0.15) is 0 Å². The minimum atomic E-state index is -0.616. The molecule has 3 aromatic carbocycles. The number of para-hydroxylation sites is 1. The first-order chi connectivity index (χ1) is 18.4. The predicted octanol–water partition coefficient (Wildman–Crippen LogP) is 5.93. The van der Waals surface area contributed by atoms with E-state index in [4.69, 9.17) is 9.47 Å². The summed E-state index contributed by atoms with van der Waals surface area (Å²) in [5.74, 6) is 0.710. The average Bonchev–Trinajstić information content (AvgIpc) is 2.93. The molecule has 8 heteroatoms. The van der Waals surface area contributed by atoms with Gasteiger partial charge < -0.3 is 19.3 Å². The van der Waals surface area contributed by atoms with Crippen molar-refractivity contribution in [2.45, 2.75) is 18.4 Å². The van der Waals surface area contributed by atoms with Gasteiger partial charge in [0, 0.05) is 34.8 Å². The Kier molecular flexibility index (Phi) is 7.90. The van der Waals surface area contributed by atoms with Gasteiger partial charge in [0.1, 0.15) is 22.9 Å². The maximum Gasteiger partial charge on any atom is 0.253 e. The molecule has 6 nitrogen and oxygen atoms in total. The van der Waals surface area contributed by atoms with Crippen molar-refractivity contribution in [1.29, 1.82) is 0 Å². The van der Waals surface area contributed by atoms with Gasteiger partial charge in [-0.25, -0.2) is 4.39 Å². The van der Waals surface area contributed by atoms with Crippen LogP contribution < -0.4 is 4.74 Å². The molecular weight excluding hydrogens is 551 g/mol. The van der Waals surface area contributed by atoms with Crippen LogP contribution in [-0.2, 0) is 9.53 Å². The van der Waals surface area contributed by atoms with E-state index >= 15 is 0 Å². The summed E-state index contributed by atoms with van der Waals surface area (Å²) in [5, 5.41) is 0. The molecule has 2 amide bonds. The molecule has 1 spiro atoms. The maximum atomic E-state index is 14.1. The van der Waals surface area contributed by atoms with Crippen LogP contribution in [0.4, 0.5) is 4.39 Å². The second-order valence-electron chi connectivity index (χ2n) is 9.56. The smallest absolute Gasteiger partial charge is 0.253 e. The summed E-state index contributed by atoms with van der Waals surface area (Å²) in [7, 11) is 0. The molecule has 0 radical (unpaired) electrons. The lowest BCUT2D eigenvalue weighted by Gasteiger charge is -2.47. The molecule has 5 rings (SSSR count). The van der Waals surface area contributed by atoms with Crippen molar-refractivity contribution in [3.63, 3.8) is 0 Å². The second-order valence-corrected chi connectivity index (χ2v) is 10.5. The SMILES string of the molecule is O=C(/C=C/c1ccc(Br)cc1F)N1CCOC2(CCCN(C(=O)c3ccc(Oc4ccccc4)cc3)C2)C1. The molecule has 1 unspecified atom stereocenters. The van der Waals surface area contributed by atoms with E-state index in [2.05, 4.69) is 15.9 Å². The van der Waals surface area contributed by atoms with Crippen LogP contribution in [0.5, 0.6) is 11.5 Å². The van der Waals surface area contributed by atoms with Gasteiger partial charge >= 0.3 is 0 Å². The molecule has 0 N–H and O–H groups in total. The Morgan fingerprint density at radius 3 is 2.45 bits per heavy atom. The number of piperidine rings is 1. The number of morpholine rings is 1. The molecule has 0 saturated carbocycles. The fraction of sp³-hybridized carbons (Fsp3) is 0.267. The Bertz CT molecular complexity index is 1330. The standard InChI is InChI=1S/C30H28BrFN2O4/c31-24-11-7-22(27(32)19-24)10-14-28(35)33-17-18-37-30(20-33)15-4-16-34(21-30)29(36)23-8-12-26(13-9-23)38-25-5-2-1-3-6-25/h1-3,5-14,19H,4,15-18,20-21H2/b14-10+. The molecule has 0 aliphatic carbocycles. The average molecular weight is 579 g/mol. The van der Waals surface area contributed by atoms with Gasteiger partial charge in [0.15, 0.2) is 0 Å². The van der Waals surface area contributed by atoms with Gasteiger partial charge in [-0.1, -0.05) is 40.2 Å². The van der Waals surface area contributed by atoms with Crippen LogP contribution in [0, 0.1) is 5.82 Å². The van der Waals surface area contributed by atoms with Gasteiger partial charge in [-0.15, -0.1) is 0 Å². The zero-order valence-corrected chi connectivity index (χ0v) is 22.4. The van der Waals surface area contributed by atoms with Gasteiger partial charge in [0.2, 0.25) is 5.91 Å². The van der Waals surface area contributed by atoms with Crippen LogP contribution in [0.25, 0.3) is 6.08 Å². The highest BCUT2D eigenvalue weighted by molar-refractivity contribution is 9.10. The van der Waals surface area contributed by atoms with Crippen LogP contribution in [-0.4, -0.2) is 60.0 Å². The molecule has 2 aliphatic heterocycles. The van der Waals surface area contributed by atoms with Gasteiger partial charge in [-0.05, 0) is 67.4 Å². The summed E-state index contributed by atoms with van der Waals surface area (Å²) < 4.78 is 26.8. The third kappa shape index (κ3) is 6.14.